The number of sulfone groups is 1. The van der Waals surface area contributed by atoms with Crippen molar-refractivity contribution in [2.45, 2.75) is 10.1 Å². The Morgan fingerprint density at radius 1 is 1.00 bits per heavy atom. The van der Waals surface area contributed by atoms with Crippen molar-refractivity contribution < 1.29 is 22.3 Å². The summed E-state index contributed by atoms with van der Waals surface area (Å²) in [4.78, 5) is 0. The van der Waals surface area contributed by atoms with Gasteiger partial charge in [-0.25, -0.2) is 8.42 Å². The van der Waals surface area contributed by atoms with Crippen LogP contribution in [-0.2, 0) is 9.84 Å². The van der Waals surface area contributed by atoms with E-state index in [1.54, 1.807) is 18.2 Å². The second kappa shape index (κ2) is 5.30. The van der Waals surface area contributed by atoms with Crippen molar-refractivity contribution in [2.24, 2.45) is 0 Å². The number of fused-ring (bicyclic) bond motifs is 1. The third-order valence-electron chi connectivity index (χ3n) is 3.07. The zero-order valence-corrected chi connectivity index (χ0v) is 12.6. The van der Waals surface area contributed by atoms with Gasteiger partial charge in [-0.3, -0.25) is 0 Å². The molecule has 0 bridgehead atoms. The average Bonchev–Trinajstić information content (AvgIpc) is 2.98. The summed E-state index contributed by atoms with van der Waals surface area (Å²) in [5, 5.41) is 7.53. The summed E-state index contributed by atoms with van der Waals surface area (Å²) < 4.78 is 40.3. The number of ether oxygens (including phenoxy) is 2. The lowest BCUT2D eigenvalue weighted by molar-refractivity contribution is 0.389. The first-order valence-corrected chi connectivity index (χ1v) is 7.73. The minimum Gasteiger partial charge on any atom is -0.497 e. The summed E-state index contributed by atoms with van der Waals surface area (Å²) >= 11 is 0. The van der Waals surface area contributed by atoms with E-state index in [-0.39, 0.29) is 16.0 Å². The van der Waals surface area contributed by atoms with E-state index in [9.17, 15) is 8.42 Å². The van der Waals surface area contributed by atoms with Crippen LogP contribution >= 0.6 is 0 Å². The molecule has 0 spiro atoms. The Morgan fingerprint density at radius 2 is 1.82 bits per heavy atom. The standard InChI is InChI=1S/C14H12N2O5S/c1-19-10-3-4-11-9(7-10)8-14(21-11)22(17,18)13-6-5-12(20-2)15-16-13/h3-8H,1-2H3. The lowest BCUT2D eigenvalue weighted by Crippen LogP contribution is -2.05. The molecule has 1 aromatic carbocycles. The highest BCUT2D eigenvalue weighted by Gasteiger charge is 2.24. The highest BCUT2D eigenvalue weighted by molar-refractivity contribution is 7.91. The normalized spacial score (nSPS) is 11.5. The summed E-state index contributed by atoms with van der Waals surface area (Å²) in [5.41, 5.74) is 0.445. The maximum absolute atomic E-state index is 12.5. The van der Waals surface area contributed by atoms with Crippen molar-refractivity contribution in [2.75, 3.05) is 14.2 Å². The van der Waals surface area contributed by atoms with Crippen LogP contribution in [0.3, 0.4) is 0 Å². The molecule has 114 valence electrons. The summed E-state index contributed by atoms with van der Waals surface area (Å²) in [7, 11) is -0.927. The Morgan fingerprint density at radius 3 is 2.45 bits per heavy atom. The van der Waals surface area contributed by atoms with E-state index >= 15 is 0 Å². The zero-order valence-electron chi connectivity index (χ0n) is 11.8. The molecule has 2 heterocycles. The fraction of sp³-hybridized carbons (Fsp3) is 0.143. The summed E-state index contributed by atoms with van der Waals surface area (Å²) in [6, 6.07) is 9.19. The van der Waals surface area contributed by atoms with Crippen LogP contribution in [-0.4, -0.2) is 32.8 Å². The largest absolute Gasteiger partial charge is 0.497 e. The highest BCUT2D eigenvalue weighted by Crippen LogP contribution is 2.29. The van der Waals surface area contributed by atoms with Crippen LogP contribution in [0.25, 0.3) is 11.0 Å². The number of hydrogen-bond acceptors (Lipinski definition) is 7. The summed E-state index contributed by atoms with van der Waals surface area (Å²) in [6.45, 7) is 0. The summed E-state index contributed by atoms with van der Waals surface area (Å²) in [6.07, 6.45) is 0. The van der Waals surface area contributed by atoms with Crippen LogP contribution < -0.4 is 9.47 Å². The molecule has 7 nitrogen and oxygen atoms in total. The van der Waals surface area contributed by atoms with Gasteiger partial charge < -0.3 is 13.9 Å². The quantitative estimate of drug-likeness (QED) is 0.726. The molecule has 3 rings (SSSR count). The predicted octanol–water partition coefficient (Wildman–Crippen LogP) is 2.07. The molecule has 0 saturated heterocycles. The zero-order chi connectivity index (χ0) is 15.7. The molecular weight excluding hydrogens is 308 g/mol. The number of aromatic nitrogens is 2. The molecule has 0 fully saturated rings. The van der Waals surface area contributed by atoms with Crippen LogP contribution in [0.2, 0.25) is 0 Å². The molecule has 0 aliphatic rings. The second-order valence-corrected chi connectivity index (χ2v) is 6.21. The van der Waals surface area contributed by atoms with Gasteiger partial charge in [0, 0.05) is 17.5 Å². The summed E-state index contributed by atoms with van der Waals surface area (Å²) in [5.74, 6) is 0.842. The van der Waals surface area contributed by atoms with Gasteiger partial charge in [-0.15, -0.1) is 10.2 Å². The Hall–Kier alpha value is -2.61. The fourth-order valence-electron chi connectivity index (χ4n) is 1.92. The van der Waals surface area contributed by atoms with Gasteiger partial charge in [-0.1, -0.05) is 0 Å². The Kier molecular flexibility index (Phi) is 3.45. The van der Waals surface area contributed by atoms with Gasteiger partial charge in [0.15, 0.2) is 5.03 Å². The smallest absolute Gasteiger partial charge is 0.258 e. The molecule has 0 atom stereocenters. The molecule has 0 N–H and O–H groups in total. The monoisotopic (exact) mass is 320 g/mol. The van der Waals surface area contributed by atoms with E-state index in [1.165, 1.54) is 32.4 Å². The van der Waals surface area contributed by atoms with Crippen LogP contribution in [0.1, 0.15) is 0 Å². The number of nitrogens with zero attached hydrogens (tertiary/aromatic N) is 2. The first-order valence-electron chi connectivity index (χ1n) is 6.25. The van der Waals surface area contributed by atoms with Crippen molar-refractivity contribution >= 4 is 20.8 Å². The Labute approximate surface area is 126 Å². The van der Waals surface area contributed by atoms with Crippen molar-refractivity contribution in [3.8, 4) is 11.6 Å². The van der Waals surface area contributed by atoms with Crippen molar-refractivity contribution in [3.63, 3.8) is 0 Å². The third-order valence-corrected chi connectivity index (χ3v) is 4.57. The van der Waals surface area contributed by atoms with Crippen LogP contribution in [0, 0.1) is 0 Å². The molecule has 0 saturated carbocycles. The van der Waals surface area contributed by atoms with E-state index in [0.717, 1.165) is 0 Å². The number of rotatable bonds is 4. The van der Waals surface area contributed by atoms with Crippen LogP contribution in [0.15, 0.2) is 50.9 Å². The molecular formula is C14H12N2O5S. The van der Waals surface area contributed by atoms with Gasteiger partial charge in [-0.2, -0.15) is 0 Å². The van der Waals surface area contributed by atoms with Gasteiger partial charge in [0.2, 0.25) is 11.0 Å². The Bertz CT molecular complexity index is 916. The lowest BCUT2D eigenvalue weighted by atomic mass is 10.2. The number of benzene rings is 1. The van der Waals surface area contributed by atoms with Crippen LogP contribution in [0.4, 0.5) is 0 Å². The van der Waals surface area contributed by atoms with Gasteiger partial charge in [0.1, 0.15) is 11.3 Å². The van der Waals surface area contributed by atoms with Crippen LogP contribution in [0.5, 0.6) is 11.6 Å². The topological polar surface area (TPSA) is 91.5 Å². The van der Waals surface area contributed by atoms with E-state index in [1.807, 2.05) is 0 Å². The first kappa shape index (κ1) is 14.3. The molecule has 0 radical (unpaired) electrons. The second-order valence-electron chi connectivity index (χ2n) is 4.39. The van der Waals surface area contributed by atoms with Gasteiger partial charge in [0.25, 0.3) is 9.84 Å². The highest BCUT2D eigenvalue weighted by atomic mass is 32.2. The van der Waals surface area contributed by atoms with Gasteiger partial charge in [0.05, 0.1) is 14.2 Å². The van der Waals surface area contributed by atoms with E-state index in [2.05, 4.69) is 10.2 Å². The lowest BCUT2D eigenvalue weighted by Gasteiger charge is -2.00. The molecule has 0 unspecified atom stereocenters. The van der Waals surface area contributed by atoms with Gasteiger partial charge >= 0.3 is 0 Å². The molecule has 0 aliphatic carbocycles. The predicted molar refractivity (Wildman–Crippen MR) is 76.8 cm³/mol. The molecule has 22 heavy (non-hydrogen) atoms. The minimum absolute atomic E-state index is 0.199. The van der Waals surface area contributed by atoms with Gasteiger partial charge in [-0.05, 0) is 24.3 Å². The first-order chi connectivity index (χ1) is 10.5. The maximum Gasteiger partial charge on any atom is 0.258 e. The number of methoxy groups -OCH3 is 2. The average molecular weight is 320 g/mol. The van der Waals surface area contributed by atoms with E-state index in [0.29, 0.717) is 16.7 Å². The Balaban J connectivity index is 2.07. The molecule has 0 amide bonds. The minimum atomic E-state index is -3.88. The molecule has 2 aromatic heterocycles. The van der Waals surface area contributed by atoms with E-state index < -0.39 is 9.84 Å². The molecule has 8 heteroatoms. The number of hydrogen-bond donors (Lipinski definition) is 0. The van der Waals surface area contributed by atoms with E-state index in [4.69, 9.17) is 13.9 Å². The molecule has 3 aromatic rings. The van der Waals surface area contributed by atoms with Crippen molar-refractivity contribution in [1.82, 2.24) is 10.2 Å². The maximum atomic E-state index is 12.5. The third kappa shape index (κ3) is 2.37. The fourth-order valence-corrected chi connectivity index (χ4v) is 3.00. The van der Waals surface area contributed by atoms with Crippen molar-refractivity contribution in [1.29, 1.82) is 0 Å². The molecule has 0 aliphatic heterocycles. The van der Waals surface area contributed by atoms with Crippen molar-refractivity contribution in [3.05, 3.63) is 36.4 Å². The SMILES string of the molecule is COc1ccc2oc(S(=O)(=O)c3ccc(OC)nn3)cc2c1. The number of furan rings is 1.